The SMILES string of the molecule is FC(F)(F)COCCN(CC1CC1)CC1CCCN1. The van der Waals surface area contributed by atoms with Crippen molar-refractivity contribution >= 4 is 0 Å². The van der Waals surface area contributed by atoms with Gasteiger partial charge in [0.2, 0.25) is 0 Å². The van der Waals surface area contributed by atoms with Crippen molar-refractivity contribution in [3.05, 3.63) is 0 Å². The number of hydrogen-bond acceptors (Lipinski definition) is 3. The molecule has 1 aliphatic heterocycles. The standard InChI is InChI=1S/C13H23F3N2O/c14-13(15,16)10-19-7-6-18(8-11-3-4-11)9-12-2-1-5-17-12/h11-12,17H,1-10H2. The number of nitrogens with one attached hydrogen (secondary N) is 1. The summed E-state index contributed by atoms with van der Waals surface area (Å²) in [6, 6.07) is 0.501. The molecule has 6 heteroatoms. The zero-order chi connectivity index (χ0) is 13.7. The minimum Gasteiger partial charge on any atom is -0.371 e. The Labute approximate surface area is 112 Å². The molecule has 1 heterocycles. The van der Waals surface area contributed by atoms with Gasteiger partial charge in [-0.25, -0.2) is 0 Å². The van der Waals surface area contributed by atoms with Gasteiger partial charge in [-0.1, -0.05) is 0 Å². The number of alkyl halides is 3. The smallest absolute Gasteiger partial charge is 0.371 e. The molecule has 0 aromatic rings. The van der Waals surface area contributed by atoms with Gasteiger partial charge in [0.25, 0.3) is 0 Å². The van der Waals surface area contributed by atoms with Gasteiger partial charge in [-0.05, 0) is 38.1 Å². The van der Waals surface area contributed by atoms with Gasteiger partial charge in [0, 0.05) is 25.7 Å². The van der Waals surface area contributed by atoms with E-state index in [-0.39, 0.29) is 6.61 Å². The highest BCUT2D eigenvalue weighted by molar-refractivity contribution is 4.82. The Morgan fingerprint density at radius 3 is 2.53 bits per heavy atom. The van der Waals surface area contributed by atoms with E-state index >= 15 is 0 Å². The molecule has 0 amide bonds. The summed E-state index contributed by atoms with van der Waals surface area (Å²) < 4.78 is 40.6. The molecule has 0 spiro atoms. The number of ether oxygens (including phenoxy) is 1. The van der Waals surface area contributed by atoms with Crippen LogP contribution in [0.4, 0.5) is 13.2 Å². The summed E-state index contributed by atoms with van der Waals surface area (Å²) >= 11 is 0. The van der Waals surface area contributed by atoms with E-state index in [0.29, 0.717) is 12.6 Å². The van der Waals surface area contributed by atoms with Gasteiger partial charge in [0.1, 0.15) is 6.61 Å². The van der Waals surface area contributed by atoms with Gasteiger partial charge >= 0.3 is 6.18 Å². The summed E-state index contributed by atoms with van der Waals surface area (Å²) in [7, 11) is 0. The van der Waals surface area contributed by atoms with E-state index in [0.717, 1.165) is 25.6 Å². The van der Waals surface area contributed by atoms with Crippen molar-refractivity contribution in [2.45, 2.75) is 37.9 Å². The molecule has 3 nitrogen and oxygen atoms in total. The molecule has 1 atom stereocenters. The lowest BCUT2D eigenvalue weighted by Crippen LogP contribution is -2.40. The van der Waals surface area contributed by atoms with Gasteiger partial charge in [-0.2, -0.15) is 13.2 Å². The van der Waals surface area contributed by atoms with Crippen LogP contribution in [0, 0.1) is 5.92 Å². The second kappa shape index (κ2) is 6.90. The minimum absolute atomic E-state index is 0.166. The second-order valence-electron chi connectivity index (χ2n) is 5.66. The number of halogens is 3. The molecule has 0 aromatic carbocycles. The molecule has 1 saturated heterocycles. The fraction of sp³-hybridized carbons (Fsp3) is 1.00. The van der Waals surface area contributed by atoms with Gasteiger partial charge in [-0.15, -0.1) is 0 Å². The largest absolute Gasteiger partial charge is 0.411 e. The van der Waals surface area contributed by atoms with Crippen LogP contribution in [-0.4, -0.2) is 56.5 Å². The van der Waals surface area contributed by atoms with Crippen LogP contribution in [0.5, 0.6) is 0 Å². The molecule has 1 N–H and O–H groups in total. The van der Waals surface area contributed by atoms with Crippen molar-refractivity contribution < 1.29 is 17.9 Å². The fourth-order valence-electron chi connectivity index (χ4n) is 2.53. The topological polar surface area (TPSA) is 24.5 Å². The lowest BCUT2D eigenvalue weighted by atomic mass is 10.2. The average Bonchev–Trinajstić information content (AvgIpc) is 2.98. The van der Waals surface area contributed by atoms with Crippen molar-refractivity contribution in [2.24, 2.45) is 5.92 Å². The highest BCUT2D eigenvalue weighted by Crippen LogP contribution is 2.29. The van der Waals surface area contributed by atoms with Crippen LogP contribution in [0.3, 0.4) is 0 Å². The highest BCUT2D eigenvalue weighted by atomic mass is 19.4. The molecule has 112 valence electrons. The van der Waals surface area contributed by atoms with E-state index in [1.165, 1.54) is 25.7 Å². The first kappa shape index (κ1) is 15.1. The number of nitrogens with zero attached hydrogens (tertiary/aromatic N) is 1. The Kier molecular flexibility index (Phi) is 5.47. The maximum atomic E-state index is 12.0. The minimum atomic E-state index is -4.21. The molecule has 0 bridgehead atoms. The quantitative estimate of drug-likeness (QED) is 0.689. The summed E-state index contributed by atoms with van der Waals surface area (Å²) in [6.07, 6.45) is 0.682. The Morgan fingerprint density at radius 2 is 1.95 bits per heavy atom. The van der Waals surface area contributed by atoms with Gasteiger partial charge in [0.05, 0.1) is 6.61 Å². The maximum absolute atomic E-state index is 12.0. The molecule has 1 saturated carbocycles. The molecule has 2 rings (SSSR count). The van der Waals surface area contributed by atoms with Crippen LogP contribution >= 0.6 is 0 Å². The van der Waals surface area contributed by atoms with E-state index < -0.39 is 12.8 Å². The van der Waals surface area contributed by atoms with Crippen molar-refractivity contribution in [1.82, 2.24) is 10.2 Å². The highest BCUT2D eigenvalue weighted by Gasteiger charge is 2.28. The summed E-state index contributed by atoms with van der Waals surface area (Å²) in [4.78, 5) is 2.26. The zero-order valence-corrected chi connectivity index (χ0v) is 11.2. The van der Waals surface area contributed by atoms with E-state index in [9.17, 15) is 13.2 Å². The third kappa shape index (κ3) is 6.58. The lowest BCUT2D eigenvalue weighted by molar-refractivity contribution is -0.174. The molecule has 19 heavy (non-hydrogen) atoms. The summed E-state index contributed by atoms with van der Waals surface area (Å²) in [5.41, 5.74) is 0. The van der Waals surface area contributed by atoms with E-state index in [2.05, 4.69) is 10.2 Å². The number of hydrogen-bond donors (Lipinski definition) is 1. The lowest BCUT2D eigenvalue weighted by Gasteiger charge is -2.25. The van der Waals surface area contributed by atoms with E-state index in [1.807, 2.05) is 0 Å². The summed E-state index contributed by atoms with van der Waals surface area (Å²) in [5, 5.41) is 3.43. The molecular formula is C13H23F3N2O. The monoisotopic (exact) mass is 280 g/mol. The third-order valence-electron chi connectivity index (χ3n) is 3.67. The van der Waals surface area contributed by atoms with Crippen molar-refractivity contribution in [3.63, 3.8) is 0 Å². The summed E-state index contributed by atoms with van der Waals surface area (Å²) in [6.45, 7) is 2.64. The van der Waals surface area contributed by atoms with E-state index in [4.69, 9.17) is 4.74 Å². The molecule has 1 unspecified atom stereocenters. The van der Waals surface area contributed by atoms with Crippen LogP contribution in [0.1, 0.15) is 25.7 Å². The molecule has 0 radical (unpaired) electrons. The average molecular weight is 280 g/mol. The maximum Gasteiger partial charge on any atom is 0.411 e. The van der Waals surface area contributed by atoms with Crippen LogP contribution in [0.2, 0.25) is 0 Å². The zero-order valence-electron chi connectivity index (χ0n) is 11.2. The molecule has 1 aliphatic carbocycles. The first-order chi connectivity index (χ1) is 9.03. The summed E-state index contributed by atoms with van der Waals surface area (Å²) in [5.74, 6) is 0.754. The Bertz CT molecular complexity index is 263. The third-order valence-corrected chi connectivity index (χ3v) is 3.67. The number of rotatable bonds is 8. The Balaban J connectivity index is 1.64. The Hall–Kier alpha value is -0.330. The Morgan fingerprint density at radius 1 is 1.16 bits per heavy atom. The first-order valence-corrected chi connectivity index (χ1v) is 7.13. The van der Waals surface area contributed by atoms with Crippen LogP contribution in [0.15, 0.2) is 0 Å². The molecular weight excluding hydrogens is 257 g/mol. The molecule has 0 aromatic heterocycles. The molecule has 2 aliphatic rings. The van der Waals surface area contributed by atoms with Crippen molar-refractivity contribution in [1.29, 1.82) is 0 Å². The van der Waals surface area contributed by atoms with Crippen molar-refractivity contribution in [3.8, 4) is 0 Å². The predicted molar refractivity (Wildman–Crippen MR) is 67.1 cm³/mol. The van der Waals surface area contributed by atoms with Crippen LogP contribution < -0.4 is 5.32 Å². The first-order valence-electron chi connectivity index (χ1n) is 7.13. The van der Waals surface area contributed by atoms with Crippen LogP contribution in [0.25, 0.3) is 0 Å². The van der Waals surface area contributed by atoms with Crippen LogP contribution in [-0.2, 0) is 4.74 Å². The normalized spacial score (nSPS) is 24.3. The molecule has 2 fully saturated rings. The van der Waals surface area contributed by atoms with Gasteiger partial charge < -0.3 is 10.1 Å². The van der Waals surface area contributed by atoms with Crippen molar-refractivity contribution in [2.75, 3.05) is 39.4 Å². The van der Waals surface area contributed by atoms with Gasteiger partial charge in [-0.3, -0.25) is 4.90 Å². The van der Waals surface area contributed by atoms with E-state index in [1.54, 1.807) is 0 Å². The van der Waals surface area contributed by atoms with Gasteiger partial charge in [0.15, 0.2) is 0 Å². The predicted octanol–water partition coefficient (Wildman–Crippen LogP) is 2.03. The second-order valence-corrected chi connectivity index (χ2v) is 5.66. The fourth-order valence-corrected chi connectivity index (χ4v) is 2.53.